The fourth-order valence-corrected chi connectivity index (χ4v) is 2.86. The van der Waals surface area contributed by atoms with E-state index < -0.39 is 8.25 Å². The minimum atomic E-state index is -2.47. The first-order chi connectivity index (χ1) is 12.6. The summed E-state index contributed by atoms with van der Waals surface area (Å²) in [6.07, 6.45) is 1.84. The van der Waals surface area contributed by atoms with Gasteiger partial charge in [-0.15, -0.1) is 9.05 Å². The van der Waals surface area contributed by atoms with Gasteiger partial charge in [-0.3, -0.25) is 9.59 Å². The van der Waals surface area contributed by atoms with Gasteiger partial charge >= 0.3 is 8.25 Å². The minimum absolute atomic E-state index is 0.156. The topological polar surface area (TPSA) is 69.7 Å². The molecule has 0 aliphatic heterocycles. The molecular formula is C20H22O5P+. The summed E-state index contributed by atoms with van der Waals surface area (Å²) < 4.78 is 21.4. The second-order valence-corrected chi connectivity index (χ2v) is 6.78. The lowest BCUT2D eigenvalue weighted by Crippen LogP contribution is -2.09. The van der Waals surface area contributed by atoms with E-state index in [1.807, 2.05) is 60.7 Å². The monoisotopic (exact) mass is 373 g/mol. The zero-order valence-corrected chi connectivity index (χ0v) is 15.4. The van der Waals surface area contributed by atoms with E-state index in [4.69, 9.17) is 9.05 Å². The van der Waals surface area contributed by atoms with Gasteiger partial charge in [-0.05, 0) is 24.0 Å². The van der Waals surface area contributed by atoms with E-state index in [2.05, 4.69) is 0 Å². The van der Waals surface area contributed by atoms with Crippen molar-refractivity contribution in [3.05, 3.63) is 71.8 Å². The largest absolute Gasteiger partial charge is 0.698 e. The number of rotatable bonds is 12. The van der Waals surface area contributed by atoms with Crippen LogP contribution >= 0.6 is 8.25 Å². The molecule has 0 bridgehead atoms. The SMILES string of the molecule is O=C(CCc1ccccc1)CO[P+](=O)OCC(=O)CCc1ccccc1. The molecular weight excluding hydrogens is 351 g/mol. The number of ketones is 2. The fraction of sp³-hybridized carbons (Fsp3) is 0.300. The van der Waals surface area contributed by atoms with Crippen molar-refractivity contribution >= 4 is 19.8 Å². The smallest absolute Gasteiger partial charge is 0.297 e. The minimum Gasteiger partial charge on any atom is -0.297 e. The van der Waals surface area contributed by atoms with Crippen molar-refractivity contribution in [2.45, 2.75) is 25.7 Å². The summed E-state index contributed by atoms with van der Waals surface area (Å²) in [7, 11) is -2.47. The second-order valence-electron chi connectivity index (χ2n) is 5.82. The van der Waals surface area contributed by atoms with Crippen molar-refractivity contribution in [1.29, 1.82) is 0 Å². The number of aryl methyl sites for hydroxylation is 2. The maximum atomic E-state index is 11.7. The Labute approximate surface area is 154 Å². The van der Waals surface area contributed by atoms with Gasteiger partial charge in [-0.25, -0.2) is 0 Å². The molecule has 0 saturated heterocycles. The number of carbonyl (C=O) groups is 2. The maximum absolute atomic E-state index is 11.7. The van der Waals surface area contributed by atoms with Crippen LogP contribution in [0.3, 0.4) is 0 Å². The van der Waals surface area contributed by atoms with E-state index in [1.165, 1.54) is 0 Å². The van der Waals surface area contributed by atoms with E-state index >= 15 is 0 Å². The van der Waals surface area contributed by atoms with Crippen LogP contribution in [0.25, 0.3) is 0 Å². The molecule has 0 aliphatic rings. The lowest BCUT2D eigenvalue weighted by Gasteiger charge is -1.99. The lowest BCUT2D eigenvalue weighted by molar-refractivity contribution is -0.121. The summed E-state index contributed by atoms with van der Waals surface area (Å²) in [5, 5.41) is 0. The highest BCUT2D eigenvalue weighted by atomic mass is 31.1. The van der Waals surface area contributed by atoms with Crippen molar-refractivity contribution < 1.29 is 23.2 Å². The first kappa shape index (κ1) is 20.1. The van der Waals surface area contributed by atoms with Crippen LogP contribution in [-0.2, 0) is 36.0 Å². The number of carbonyl (C=O) groups excluding carboxylic acids is 2. The Morgan fingerprint density at radius 1 is 0.692 bits per heavy atom. The zero-order chi connectivity index (χ0) is 18.6. The predicted octanol–water partition coefficient (Wildman–Crippen LogP) is 4.08. The Morgan fingerprint density at radius 3 is 1.46 bits per heavy atom. The average molecular weight is 373 g/mol. The van der Waals surface area contributed by atoms with Crippen LogP contribution in [0.15, 0.2) is 60.7 Å². The van der Waals surface area contributed by atoms with Crippen LogP contribution in [0.1, 0.15) is 24.0 Å². The summed E-state index contributed by atoms with van der Waals surface area (Å²) in [6, 6.07) is 19.3. The molecule has 0 heterocycles. The van der Waals surface area contributed by atoms with Crippen LogP contribution in [-0.4, -0.2) is 24.8 Å². The molecule has 2 aromatic carbocycles. The third-order valence-corrected chi connectivity index (χ3v) is 4.41. The van der Waals surface area contributed by atoms with Gasteiger partial charge in [-0.2, -0.15) is 0 Å². The molecule has 0 unspecified atom stereocenters. The van der Waals surface area contributed by atoms with Crippen molar-refractivity contribution in [2.75, 3.05) is 13.2 Å². The molecule has 136 valence electrons. The van der Waals surface area contributed by atoms with E-state index in [1.54, 1.807) is 0 Å². The van der Waals surface area contributed by atoms with Crippen LogP contribution in [0.5, 0.6) is 0 Å². The van der Waals surface area contributed by atoms with Crippen LogP contribution in [0.4, 0.5) is 0 Å². The maximum Gasteiger partial charge on any atom is 0.698 e. The fourth-order valence-electron chi connectivity index (χ4n) is 2.29. The number of benzene rings is 2. The molecule has 2 aromatic rings. The van der Waals surface area contributed by atoms with Gasteiger partial charge in [0, 0.05) is 17.4 Å². The molecule has 0 aromatic heterocycles. The van der Waals surface area contributed by atoms with Crippen molar-refractivity contribution in [3.8, 4) is 0 Å². The van der Waals surface area contributed by atoms with Crippen molar-refractivity contribution in [3.63, 3.8) is 0 Å². The highest BCUT2D eigenvalue weighted by molar-refractivity contribution is 7.33. The average Bonchev–Trinajstić information content (AvgIpc) is 2.69. The molecule has 0 radical (unpaired) electrons. The zero-order valence-electron chi connectivity index (χ0n) is 14.5. The highest BCUT2D eigenvalue weighted by Gasteiger charge is 2.23. The Kier molecular flexibility index (Phi) is 8.84. The van der Waals surface area contributed by atoms with Gasteiger partial charge in [0.1, 0.15) is 0 Å². The van der Waals surface area contributed by atoms with E-state index in [-0.39, 0.29) is 24.8 Å². The molecule has 0 aliphatic carbocycles. The van der Waals surface area contributed by atoms with E-state index in [0.29, 0.717) is 25.7 Å². The van der Waals surface area contributed by atoms with Gasteiger partial charge < -0.3 is 0 Å². The summed E-state index contributed by atoms with van der Waals surface area (Å²) >= 11 is 0. The van der Waals surface area contributed by atoms with E-state index in [0.717, 1.165) is 11.1 Å². The van der Waals surface area contributed by atoms with Crippen molar-refractivity contribution in [1.82, 2.24) is 0 Å². The molecule has 5 nitrogen and oxygen atoms in total. The van der Waals surface area contributed by atoms with Crippen LogP contribution in [0, 0.1) is 0 Å². The molecule has 0 fully saturated rings. The number of hydrogen-bond acceptors (Lipinski definition) is 5. The van der Waals surface area contributed by atoms with Crippen molar-refractivity contribution in [2.24, 2.45) is 0 Å². The normalized spacial score (nSPS) is 10.5. The summed E-state index contributed by atoms with van der Waals surface area (Å²) in [5.41, 5.74) is 2.12. The Balaban J connectivity index is 1.56. The second kappa shape index (κ2) is 11.4. The third-order valence-electron chi connectivity index (χ3n) is 3.73. The van der Waals surface area contributed by atoms with E-state index in [9.17, 15) is 14.2 Å². The molecule has 0 N–H and O–H groups in total. The molecule has 0 saturated carbocycles. The summed E-state index contributed by atoms with van der Waals surface area (Å²) in [5.74, 6) is -0.313. The van der Waals surface area contributed by atoms with Crippen LogP contribution in [0.2, 0.25) is 0 Å². The molecule has 0 atom stereocenters. The summed E-state index contributed by atoms with van der Waals surface area (Å²) in [6.45, 7) is -0.555. The van der Waals surface area contributed by atoms with Gasteiger partial charge in [0.25, 0.3) is 0 Å². The Hall–Kier alpha value is -2.20. The Morgan fingerprint density at radius 2 is 1.08 bits per heavy atom. The van der Waals surface area contributed by atoms with Gasteiger partial charge in [0.05, 0.1) is 0 Å². The molecule has 0 spiro atoms. The molecule has 2 rings (SSSR count). The first-order valence-electron chi connectivity index (χ1n) is 8.48. The highest BCUT2D eigenvalue weighted by Crippen LogP contribution is 2.23. The van der Waals surface area contributed by atoms with Gasteiger partial charge in [-0.1, -0.05) is 60.7 Å². The quantitative estimate of drug-likeness (QED) is 0.524. The van der Waals surface area contributed by atoms with Gasteiger partial charge in [0.15, 0.2) is 24.8 Å². The molecule has 0 amide bonds. The number of hydrogen-bond donors (Lipinski definition) is 0. The molecule has 26 heavy (non-hydrogen) atoms. The Bertz CT molecular complexity index is 654. The predicted molar refractivity (Wildman–Crippen MR) is 99.1 cm³/mol. The standard InChI is InChI=1S/C20H22O5P/c21-19(13-11-17-7-3-1-4-8-17)15-24-26(23)25-16-20(22)14-12-18-9-5-2-6-10-18/h1-10H,11-16H2/q+1. The summed E-state index contributed by atoms with van der Waals surface area (Å²) in [4.78, 5) is 23.5. The van der Waals surface area contributed by atoms with Gasteiger partial charge in [0.2, 0.25) is 0 Å². The molecule has 6 heteroatoms. The number of Topliss-reactive ketones (excluding diaryl/α,β-unsaturated/α-hetero) is 2. The third kappa shape index (κ3) is 8.26. The lowest BCUT2D eigenvalue weighted by atomic mass is 10.1. The first-order valence-corrected chi connectivity index (χ1v) is 9.57. The van der Waals surface area contributed by atoms with Crippen LogP contribution < -0.4 is 0 Å².